The van der Waals surface area contributed by atoms with Gasteiger partial charge in [-0.25, -0.2) is 4.98 Å². The molecule has 24 heavy (non-hydrogen) atoms. The minimum Gasteiger partial charge on any atom is -0.365 e. The van der Waals surface area contributed by atoms with Crippen LogP contribution in [0.3, 0.4) is 0 Å². The van der Waals surface area contributed by atoms with Crippen molar-refractivity contribution in [3.8, 4) is 0 Å². The maximum atomic E-state index is 12.7. The van der Waals surface area contributed by atoms with Gasteiger partial charge in [0.05, 0.1) is 34.4 Å². The van der Waals surface area contributed by atoms with Crippen LogP contribution in [0.1, 0.15) is 21.7 Å². The lowest BCUT2D eigenvalue weighted by Crippen LogP contribution is -2.49. The summed E-state index contributed by atoms with van der Waals surface area (Å²) in [6, 6.07) is 5.61. The number of amides is 1. The van der Waals surface area contributed by atoms with Crippen LogP contribution in [0.4, 0.5) is 5.69 Å². The van der Waals surface area contributed by atoms with Crippen LogP contribution in [0, 0.1) is 13.8 Å². The first kappa shape index (κ1) is 14.7. The minimum absolute atomic E-state index is 0.0757. The number of piperazine rings is 1. The van der Waals surface area contributed by atoms with Gasteiger partial charge in [0.1, 0.15) is 0 Å². The van der Waals surface area contributed by atoms with Crippen molar-refractivity contribution in [2.24, 2.45) is 0 Å². The monoisotopic (exact) mass is 324 g/mol. The standard InChI is InChI=1S/C17H20N6O/c1-11-16(12(2)21-20-11)22-5-7-23(8-6-22)17(24)13-3-4-14-15(9-13)19-10-18-14/h3-4,9-10H,5-8H2,1-2H3,(H,18,19)(H,20,21). The molecule has 2 aromatic heterocycles. The van der Waals surface area contributed by atoms with E-state index in [1.807, 2.05) is 36.9 Å². The molecule has 0 atom stereocenters. The molecular formula is C17H20N6O. The van der Waals surface area contributed by atoms with Gasteiger partial charge in [-0.2, -0.15) is 5.10 Å². The SMILES string of the molecule is Cc1n[nH]c(C)c1N1CCN(C(=O)c2ccc3nc[nH]c3c2)CC1. The highest BCUT2D eigenvalue weighted by atomic mass is 16.2. The van der Waals surface area contributed by atoms with Crippen molar-refractivity contribution in [2.75, 3.05) is 31.1 Å². The number of aromatic nitrogens is 4. The maximum Gasteiger partial charge on any atom is 0.254 e. The average molecular weight is 324 g/mol. The summed E-state index contributed by atoms with van der Waals surface area (Å²) in [5, 5.41) is 7.29. The van der Waals surface area contributed by atoms with E-state index >= 15 is 0 Å². The summed E-state index contributed by atoms with van der Waals surface area (Å²) in [4.78, 5) is 24.2. The number of fused-ring (bicyclic) bond motifs is 1. The molecule has 1 fully saturated rings. The fourth-order valence-corrected chi connectivity index (χ4v) is 3.40. The Morgan fingerprint density at radius 1 is 1.17 bits per heavy atom. The molecule has 0 bridgehead atoms. The summed E-state index contributed by atoms with van der Waals surface area (Å²) in [7, 11) is 0. The number of benzene rings is 1. The number of nitrogens with one attached hydrogen (secondary N) is 2. The van der Waals surface area contributed by atoms with E-state index in [-0.39, 0.29) is 5.91 Å². The highest BCUT2D eigenvalue weighted by Gasteiger charge is 2.25. The van der Waals surface area contributed by atoms with E-state index in [0.717, 1.165) is 35.5 Å². The number of imidazole rings is 1. The lowest BCUT2D eigenvalue weighted by atomic mass is 10.1. The molecule has 1 saturated heterocycles. The van der Waals surface area contributed by atoms with Crippen LogP contribution in [-0.2, 0) is 0 Å². The Bertz CT molecular complexity index is 868. The lowest BCUT2D eigenvalue weighted by Gasteiger charge is -2.36. The van der Waals surface area contributed by atoms with Crippen molar-refractivity contribution in [2.45, 2.75) is 13.8 Å². The summed E-state index contributed by atoms with van der Waals surface area (Å²) in [6.45, 7) is 7.11. The number of H-pyrrole nitrogens is 2. The number of hydrogen-bond donors (Lipinski definition) is 2. The van der Waals surface area contributed by atoms with Crippen LogP contribution in [0.5, 0.6) is 0 Å². The fourth-order valence-electron chi connectivity index (χ4n) is 3.40. The first-order valence-electron chi connectivity index (χ1n) is 8.12. The Kier molecular flexibility index (Phi) is 3.48. The van der Waals surface area contributed by atoms with Gasteiger partial charge >= 0.3 is 0 Å². The first-order valence-corrected chi connectivity index (χ1v) is 8.12. The third-order valence-corrected chi connectivity index (χ3v) is 4.64. The second-order valence-electron chi connectivity index (χ2n) is 6.20. The van der Waals surface area contributed by atoms with Gasteiger partial charge in [-0.05, 0) is 32.0 Å². The molecule has 0 saturated carbocycles. The molecule has 2 N–H and O–H groups in total. The van der Waals surface area contributed by atoms with E-state index in [1.165, 1.54) is 5.69 Å². The molecule has 3 aromatic rings. The van der Waals surface area contributed by atoms with Crippen molar-refractivity contribution in [3.63, 3.8) is 0 Å². The van der Waals surface area contributed by atoms with Crippen LogP contribution in [0.2, 0.25) is 0 Å². The first-order chi connectivity index (χ1) is 11.6. The molecule has 1 aliphatic heterocycles. The number of anilines is 1. The second kappa shape index (κ2) is 5.67. The zero-order valence-corrected chi connectivity index (χ0v) is 13.8. The third kappa shape index (κ3) is 2.42. The smallest absolute Gasteiger partial charge is 0.254 e. The van der Waals surface area contributed by atoms with Crippen molar-refractivity contribution in [1.82, 2.24) is 25.1 Å². The molecule has 3 heterocycles. The molecule has 0 aliphatic carbocycles. The van der Waals surface area contributed by atoms with Crippen LogP contribution in [0.15, 0.2) is 24.5 Å². The van der Waals surface area contributed by atoms with Crippen LogP contribution >= 0.6 is 0 Å². The highest BCUT2D eigenvalue weighted by molar-refractivity contribution is 5.97. The minimum atomic E-state index is 0.0757. The zero-order chi connectivity index (χ0) is 16.7. The summed E-state index contributed by atoms with van der Waals surface area (Å²) < 4.78 is 0. The van der Waals surface area contributed by atoms with Crippen molar-refractivity contribution in [3.05, 3.63) is 41.5 Å². The summed E-state index contributed by atoms with van der Waals surface area (Å²) in [5.74, 6) is 0.0757. The van der Waals surface area contributed by atoms with Gasteiger partial charge in [-0.15, -0.1) is 0 Å². The van der Waals surface area contributed by atoms with Gasteiger partial charge in [0.15, 0.2) is 0 Å². The summed E-state index contributed by atoms with van der Waals surface area (Å²) in [6.07, 6.45) is 1.65. The summed E-state index contributed by atoms with van der Waals surface area (Å²) in [5.41, 5.74) is 5.73. The van der Waals surface area contributed by atoms with Gasteiger partial charge in [0.2, 0.25) is 0 Å². The van der Waals surface area contributed by atoms with Gasteiger partial charge in [-0.1, -0.05) is 0 Å². The van der Waals surface area contributed by atoms with Crippen LogP contribution < -0.4 is 4.90 Å². The van der Waals surface area contributed by atoms with E-state index in [2.05, 4.69) is 25.1 Å². The normalized spacial score (nSPS) is 15.2. The molecule has 0 radical (unpaired) electrons. The summed E-state index contributed by atoms with van der Waals surface area (Å²) >= 11 is 0. The topological polar surface area (TPSA) is 80.9 Å². The van der Waals surface area contributed by atoms with Crippen molar-refractivity contribution >= 4 is 22.6 Å². The Balaban J connectivity index is 1.48. The van der Waals surface area contributed by atoms with E-state index < -0.39 is 0 Å². The highest BCUT2D eigenvalue weighted by Crippen LogP contribution is 2.24. The van der Waals surface area contributed by atoms with Crippen molar-refractivity contribution < 1.29 is 4.79 Å². The number of aromatic amines is 2. The fraction of sp³-hybridized carbons (Fsp3) is 0.353. The van der Waals surface area contributed by atoms with Gasteiger partial charge in [0.25, 0.3) is 5.91 Å². The largest absolute Gasteiger partial charge is 0.365 e. The van der Waals surface area contributed by atoms with Gasteiger partial charge in [0, 0.05) is 31.7 Å². The number of aryl methyl sites for hydroxylation is 2. The molecule has 1 aliphatic rings. The van der Waals surface area contributed by atoms with Gasteiger partial charge in [-0.3, -0.25) is 9.89 Å². The molecule has 124 valence electrons. The Hall–Kier alpha value is -2.83. The predicted octanol–water partition coefficient (Wildman–Crippen LogP) is 1.87. The molecule has 4 rings (SSSR count). The number of carbonyl (C=O) groups excluding carboxylic acids is 1. The maximum absolute atomic E-state index is 12.7. The molecule has 0 spiro atoms. The molecule has 1 aromatic carbocycles. The van der Waals surface area contributed by atoms with E-state index in [1.54, 1.807) is 6.33 Å². The molecule has 1 amide bonds. The molecule has 0 unspecified atom stereocenters. The number of nitrogens with zero attached hydrogens (tertiary/aromatic N) is 4. The Morgan fingerprint density at radius 2 is 1.96 bits per heavy atom. The number of rotatable bonds is 2. The van der Waals surface area contributed by atoms with Crippen LogP contribution in [-0.4, -0.2) is 57.2 Å². The van der Waals surface area contributed by atoms with Crippen molar-refractivity contribution in [1.29, 1.82) is 0 Å². The third-order valence-electron chi connectivity index (χ3n) is 4.64. The van der Waals surface area contributed by atoms with Crippen LogP contribution in [0.25, 0.3) is 11.0 Å². The quantitative estimate of drug-likeness (QED) is 0.754. The predicted molar refractivity (Wildman–Crippen MR) is 92.3 cm³/mol. The Labute approximate surface area is 139 Å². The molecule has 7 nitrogen and oxygen atoms in total. The number of carbonyl (C=O) groups is 1. The zero-order valence-electron chi connectivity index (χ0n) is 13.8. The average Bonchev–Trinajstić information content (AvgIpc) is 3.20. The van der Waals surface area contributed by atoms with Gasteiger partial charge < -0.3 is 14.8 Å². The molecule has 7 heteroatoms. The van der Waals surface area contributed by atoms with E-state index in [0.29, 0.717) is 18.7 Å². The second-order valence-corrected chi connectivity index (χ2v) is 6.20. The van der Waals surface area contributed by atoms with E-state index in [4.69, 9.17) is 0 Å². The molecular weight excluding hydrogens is 304 g/mol. The number of hydrogen-bond acceptors (Lipinski definition) is 4. The Morgan fingerprint density at radius 3 is 2.67 bits per heavy atom. The lowest BCUT2D eigenvalue weighted by molar-refractivity contribution is 0.0747. The van der Waals surface area contributed by atoms with E-state index in [9.17, 15) is 4.79 Å².